The van der Waals surface area contributed by atoms with E-state index in [1.165, 1.54) is 0 Å². The monoisotopic (exact) mass is 411 g/mol. The average molecular weight is 412 g/mol. The summed E-state index contributed by atoms with van der Waals surface area (Å²) in [5.41, 5.74) is 8.67. The van der Waals surface area contributed by atoms with Crippen LogP contribution >= 0.6 is 0 Å². The van der Waals surface area contributed by atoms with E-state index in [4.69, 9.17) is 10.5 Å². The van der Waals surface area contributed by atoms with Gasteiger partial charge in [-0.2, -0.15) is 0 Å². The van der Waals surface area contributed by atoms with E-state index in [0.717, 1.165) is 56.0 Å². The molecule has 0 amide bonds. The van der Waals surface area contributed by atoms with Crippen molar-refractivity contribution in [3.05, 3.63) is 59.4 Å². The van der Waals surface area contributed by atoms with E-state index in [0.29, 0.717) is 24.8 Å². The Balaban J connectivity index is 1.37. The number of halogens is 1. The van der Waals surface area contributed by atoms with Crippen molar-refractivity contribution >= 4 is 11.6 Å². The highest BCUT2D eigenvalue weighted by Crippen LogP contribution is 2.31. The maximum atomic E-state index is 14.7. The van der Waals surface area contributed by atoms with Crippen LogP contribution < -0.4 is 20.7 Å². The lowest BCUT2D eigenvalue weighted by Crippen LogP contribution is -2.46. The van der Waals surface area contributed by atoms with Gasteiger partial charge in [-0.15, -0.1) is 0 Å². The van der Waals surface area contributed by atoms with Crippen molar-refractivity contribution < 1.29 is 9.13 Å². The molecule has 0 spiro atoms. The number of anilines is 1. The van der Waals surface area contributed by atoms with Gasteiger partial charge >= 0.3 is 0 Å². The maximum absolute atomic E-state index is 14.7. The van der Waals surface area contributed by atoms with E-state index in [1.807, 2.05) is 36.4 Å². The first-order valence-electron chi connectivity index (χ1n) is 10.7. The number of nitrogens with zero attached hydrogens (tertiary/aromatic N) is 3. The molecule has 4 rings (SSSR count). The van der Waals surface area contributed by atoms with E-state index < -0.39 is 0 Å². The standard InChI is InChI=1S/C23H30FN5O/c1-2-28-10-12-29(13-11-28)21-8-7-17(15-19(21)24)16-26-23(25)27-20-9-14-30-22-6-4-3-5-18(20)22/h3-8,15,20H,2,9-14,16H2,1H3,(H3,25,26,27). The van der Waals surface area contributed by atoms with Gasteiger partial charge in [0, 0.05) is 38.2 Å². The topological polar surface area (TPSA) is 66.1 Å². The molecule has 1 atom stereocenters. The number of nitrogens with one attached hydrogen (secondary N) is 1. The molecule has 6 nitrogen and oxygen atoms in total. The third-order valence-electron chi connectivity index (χ3n) is 5.88. The Labute approximate surface area is 177 Å². The van der Waals surface area contributed by atoms with Crippen LogP contribution in [0.15, 0.2) is 47.5 Å². The fourth-order valence-electron chi connectivity index (χ4n) is 4.10. The Morgan fingerprint density at radius 3 is 2.77 bits per heavy atom. The largest absolute Gasteiger partial charge is 0.493 e. The number of fused-ring (bicyclic) bond motifs is 1. The van der Waals surface area contributed by atoms with Crippen molar-refractivity contribution in [2.24, 2.45) is 10.7 Å². The Morgan fingerprint density at radius 2 is 2.00 bits per heavy atom. The highest BCUT2D eigenvalue weighted by Gasteiger charge is 2.21. The number of para-hydroxylation sites is 1. The predicted molar refractivity (Wildman–Crippen MR) is 118 cm³/mol. The number of piperazine rings is 1. The number of ether oxygens (including phenoxy) is 1. The molecule has 160 valence electrons. The van der Waals surface area contributed by atoms with E-state index >= 15 is 0 Å². The number of nitrogens with two attached hydrogens (primary N) is 1. The van der Waals surface area contributed by atoms with E-state index in [-0.39, 0.29) is 11.9 Å². The summed E-state index contributed by atoms with van der Waals surface area (Å²) in [6, 6.07) is 13.4. The molecule has 0 aromatic heterocycles. The van der Waals surface area contributed by atoms with Crippen LogP contribution in [0.3, 0.4) is 0 Å². The molecular weight excluding hydrogens is 381 g/mol. The summed E-state index contributed by atoms with van der Waals surface area (Å²) in [4.78, 5) is 8.92. The lowest BCUT2D eigenvalue weighted by Gasteiger charge is -2.35. The van der Waals surface area contributed by atoms with E-state index in [9.17, 15) is 4.39 Å². The lowest BCUT2D eigenvalue weighted by atomic mass is 10.0. The van der Waals surface area contributed by atoms with Gasteiger partial charge in [-0.1, -0.05) is 31.2 Å². The van der Waals surface area contributed by atoms with Crippen LogP contribution in [0.4, 0.5) is 10.1 Å². The van der Waals surface area contributed by atoms with Crippen LogP contribution in [0.1, 0.15) is 30.5 Å². The van der Waals surface area contributed by atoms with E-state index in [1.54, 1.807) is 6.07 Å². The van der Waals surface area contributed by atoms with Gasteiger partial charge in [-0.25, -0.2) is 9.38 Å². The van der Waals surface area contributed by atoms with Crippen LogP contribution in [-0.2, 0) is 6.54 Å². The molecule has 1 unspecified atom stereocenters. The van der Waals surface area contributed by atoms with Crippen molar-refractivity contribution in [2.45, 2.75) is 25.9 Å². The van der Waals surface area contributed by atoms with Crippen molar-refractivity contribution in [3.63, 3.8) is 0 Å². The summed E-state index contributed by atoms with van der Waals surface area (Å²) in [7, 11) is 0. The van der Waals surface area contributed by atoms with Crippen LogP contribution in [-0.4, -0.2) is 50.2 Å². The fourth-order valence-corrected chi connectivity index (χ4v) is 4.10. The molecule has 0 aliphatic carbocycles. The van der Waals surface area contributed by atoms with Crippen LogP contribution in [0.2, 0.25) is 0 Å². The summed E-state index contributed by atoms with van der Waals surface area (Å²) < 4.78 is 20.4. The molecule has 7 heteroatoms. The van der Waals surface area contributed by atoms with Gasteiger partial charge in [-0.05, 0) is 30.3 Å². The Hall–Kier alpha value is -2.80. The molecule has 2 heterocycles. The Morgan fingerprint density at radius 1 is 1.20 bits per heavy atom. The van der Waals surface area contributed by atoms with Crippen LogP contribution in [0.5, 0.6) is 5.75 Å². The second-order valence-electron chi connectivity index (χ2n) is 7.78. The second kappa shape index (κ2) is 9.34. The molecule has 2 aliphatic heterocycles. The van der Waals surface area contributed by atoms with Gasteiger partial charge in [0.2, 0.25) is 0 Å². The number of guanidine groups is 1. The summed E-state index contributed by atoms with van der Waals surface area (Å²) >= 11 is 0. The minimum atomic E-state index is -0.197. The molecule has 0 saturated carbocycles. The first-order valence-corrected chi connectivity index (χ1v) is 10.7. The van der Waals surface area contributed by atoms with Gasteiger partial charge in [0.1, 0.15) is 11.6 Å². The summed E-state index contributed by atoms with van der Waals surface area (Å²) in [5.74, 6) is 1.04. The molecule has 2 aliphatic rings. The highest BCUT2D eigenvalue weighted by atomic mass is 19.1. The first kappa shape index (κ1) is 20.5. The van der Waals surface area contributed by atoms with Crippen LogP contribution in [0.25, 0.3) is 0 Å². The number of aliphatic imine (C=N–C) groups is 1. The Bertz CT molecular complexity index is 895. The zero-order chi connectivity index (χ0) is 20.9. The number of hydrogen-bond acceptors (Lipinski definition) is 4. The summed E-state index contributed by atoms with van der Waals surface area (Å²) in [6.45, 7) is 7.83. The van der Waals surface area contributed by atoms with Gasteiger partial charge in [0.05, 0.1) is 24.9 Å². The maximum Gasteiger partial charge on any atom is 0.189 e. The van der Waals surface area contributed by atoms with Crippen molar-refractivity contribution in [3.8, 4) is 5.75 Å². The zero-order valence-corrected chi connectivity index (χ0v) is 17.5. The predicted octanol–water partition coefficient (Wildman–Crippen LogP) is 2.90. The molecule has 0 bridgehead atoms. The number of benzene rings is 2. The molecule has 2 aromatic carbocycles. The smallest absolute Gasteiger partial charge is 0.189 e. The number of rotatable bonds is 5. The molecular formula is C23H30FN5O. The van der Waals surface area contributed by atoms with Gasteiger partial charge < -0.3 is 25.6 Å². The zero-order valence-electron chi connectivity index (χ0n) is 17.5. The van der Waals surface area contributed by atoms with Crippen molar-refractivity contribution in [1.82, 2.24) is 10.2 Å². The van der Waals surface area contributed by atoms with Gasteiger partial charge in [0.25, 0.3) is 0 Å². The number of hydrogen-bond donors (Lipinski definition) is 2. The van der Waals surface area contributed by atoms with Crippen molar-refractivity contribution in [1.29, 1.82) is 0 Å². The molecule has 2 aromatic rings. The summed E-state index contributed by atoms with van der Waals surface area (Å²) in [6.07, 6.45) is 0.821. The fraction of sp³-hybridized carbons (Fsp3) is 0.435. The van der Waals surface area contributed by atoms with Gasteiger partial charge in [-0.3, -0.25) is 0 Å². The number of likely N-dealkylation sites (N-methyl/N-ethyl adjacent to an activating group) is 1. The molecule has 1 saturated heterocycles. The minimum Gasteiger partial charge on any atom is -0.493 e. The van der Waals surface area contributed by atoms with Crippen molar-refractivity contribution in [2.75, 3.05) is 44.2 Å². The lowest BCUT2D eigenvalue weighted by molar-refractivity contribution is 0.262. The normalized spacial score (nSPS) is 19.9. The molecule has 1 fully saturated rings. The minimum absolute atomic E-state index is 0.0691. The molecule has 0 radical (unpaired) electrons. The first-order chi connectivity index (χ1) is 14.6. The second-order valence-corrected chi connectivity index (χ2v) is 7.78. The SMILES string of the molecule is CCN1CCN(c2ccc(CN=C(N)NC3CCOc4ccccc43)cc2F)CC1. The average Bonchev–Trinajstić information content (AvgIpc) is 2.78. The van der Waals surface area contributed by atoms with Gasteiger partial charge in [0.15, 0.2) is 5.96 Å². The third kappa shape index (κ3) is 4.67. The highest BCUT2D eigenvalue weighted by molar-refractivity contribution is 5.78. The molecule has 30 heavy (non-hydrogen) atoms. The Kier molecular flexibility index (Phi) is 6.38. The summed E-state index contributed by atoms with van der Waals surface area (Å²) in [5, 5.41) is 3.27. The third-order valence-corrected chi connectivity index (χ3v) is 5.88. The van der Waals surface area contributed by atoms with Crippen LogP contribution in [0, 0.1) is 5.82 Å². The van der Waals surface area contributed by atoms with E-state index in [2.05, 4.69) is 27.0 Å². The quantitative estimate of drug-likeness (QED) is 0.585. The molecule has 3 N–H and O–H groups in total.